The predicted molar refractivity (Wildman–Crippen MR) is 137 cm³/mol. The van der Waals surface area contributed by atoms with Crippen LogP contribution >= 0.6 is 0 Å². The first kappa shape index (κ1) is 35.2. The molecular weight excluding hydrogens is 518 g/mol. The third-order valence-corrected chi connectivity index (χ3v) is 5.84. The van der Waals surface area contributed by atoms with Gasteiger partial charge in [0.15, 0.2) is 0 Å². The van der Waals surface area contributed by atoms with E-state index >= 15 is 0 Å². The molecule has 0 saturated heterocycles. The van der Waals surface area contributed by atoms with Crippen molar-refractivity contribution in [2.75, 3.05) is 6.54 Å². The van der Waals surface area contributed by atoms with Gasteiger partial charge < -0.3 is 42.3 Å². The van der Waals surface area contributed by atoms with Gasteiger partial charge in [0, 0.05) is 12.8 Å². The monoisotopic (exact) mass is 559 g/mol. The molecule has 0 aliphatic heterocycles. The Kier molecular flexibility index (Phi) is 16.0. The molecule has 0 aromatic heterocycles. The van der Waals surface area contributed by atoms with Crippen LogP contribution in [0, 0.1) is 11.8 Å². The summed E-state index contributed by atoms with van der Waals surface area (Å²) in [7, 11) is 0. The highest BCUT2D eigenvalue weighted by Gasteiger charge is 2.31. The van der Waals surface area contributed by atoms with E-state index in [1.165, 1.54) is 0 Å². The minimum atomic E-state index is -1.49. The molecule has 9 N–H and O–H groups in total. The third-order valence-electron chi connectivity index (χ3n) is 5.84. The van der Waals surface area contributed by atoms with E-state index < -0.39 is 91.0 Å². The van der Waals surface area contributed by atoms with Gasteiger partial charge in [-0.3, -0.25) is 28.8 Å². The summed E-state index contributed by atoms with van der Waals surface area (Å²) in [6.45, 7) is 6.44. The van der Waals surface area contributed by atoms with Gasteiger partial charge in [-0.2, -0.15) is 0 Å². The lowest BCUT2D eigenvalue weighted by molar-refractivity contribution is -0.144. The molecule has 0 saturated carbocycles. The number of nitrogens with two attached hydrogens (primary N) is 1. The zero-order valence-electron chi connectivity index (χ0n) is 22.7. The number of aliphatic carboxylic acids is 3. The summed E-state index contributed by atoms with van der Waals surface area (Å²) in [6, 6.07) is -4.88. The maximum atomic E-state index is 12.8. The molecule has 0 fully saturated rings. The molecule has 0 rings (SSSR count). The van der Waals surface area contributed by atoms with Gasteiger partial charge >= 0.3 is 17.9 Å². The first-order valence-electron chi connectivity index (χ1n) is 12.7. The molecule has 0 aliphatic rings. The van der Waals surface area contributed by atoms with Crippen LogP contribution in [0.25, 0.3) is 0 Å². The third kappa shape index (κ3) is 14.7. The van der Waals surface area contributed by atoms with E-state index in [0.717, 1.165) is 0 Å². The summed E-state index contributed by atoms with van der Waals surface area (Å²) in [5.74, 6) is -7.36. The van der Waals surface area contributed by atoms with Crippen molar-refractivity contribution in [2.24, 2.45) is 17.6 Å². The fourth-order valence-electron chi connectivity index (χ4n) is 3.43. The maximum absolute atomic E-state index is 12.8. The fourth-order valence-corrected chi connectivity index (χ4v) is 3.43. The Morgan fingerprint density at radius 3 is 1.72 bits per heavy atom. The second-order valence-electron chi connectivity index (χ2n) is 9.71. The van der Waals surface area contributed by atoms with Gasteiger partial charge in [-0.25, -0.2) is 4.79 Å². The van der Waals surface area contributed by atoms with Crippen LogP contribution in [0.1, 0.15) is 66.2 Å². The number of carboxylic acid groups (broad SMARTS) is 3. The SMILES string of the molecule is CC[C@H](C)[C@H](NC(=O)CNC(=O)[C@H](CCC(=O)O)NC(=O)[C@@H](N)CC(C)C)C(=O)N[C@@H](CCC(=O)O)C(=O)O. The predicted octanol–water partition coefficient (Wildman–Crippen LogP) is -1.21. The summed E-state index contributed by atoms with van der Waals surface area (Å²) >= 11 is 0. The van der Waals surface area contributed by atoms with E-state index in [0.29, 0.717) is 12.8 Å². The Labute approximate surface area is 226 Å². The summed E-state index contributed by atoms with van der Waals surface area (Å²) in [6.07, 6.45) is -0.804. The molecule has 39 heavy (non-hydrogen) atoms. The van der Waals surface area contributed by atoms with Crippen molar-refractivity contribution in [2.45, 2.75) is 90.4 Å². The number of carbonyl (C=O) groups excluding carboxylic acids is 4. The number of hydrogen-bond donors (Lipinski definition) is 8. The number of hydrogen-bond acceptors (Lipinski definition) is 8. The van der Waals surface area contributed by atoms with Gasteiger partial charge in [-0.15, -0.1) is 0 Å². The van der Waals surface area contributed by atoms with Crippen molar-refractivity contribution >= 4 is 41.5 Å². The van der Waals surface area contributed by atoms with Crippen LogP contribution in [0.5, 0.6) is 0 Å². The van der Waals surface area contributed by atoms with Gasteiger partial charge in [-0.05, 0) is 31.1 Å². The van der Waals surface area contributed by atoms with Crippen molar-refractivity contribution in [1.82, 2.24) is 21.3 Å². The fraction of sp³-hybridized carbons (Fsp3) is 0.708. The van der Waals surface area contributed by atoms with Crippen molar-refractivity contribution in [1.29, 1.82) is 0 Å². The van der Waals surface area contributed by atoms with E-state index in [1.54, 1.807) is 13.8 Å². The Balaban J connectivity index is 5.32. The number of rotatable bonds is 19. The zero-order valence-corrected chi connectivity index (χ0v) is 22.7. The Bertz CT molecular complexity index is 895. The number of amides is 4. The molecule has 0 aromatic carbocycles. The smallest absolute Gasteiger partial charge is 0.326 e. The molecule has 0 spiro atoms. The molecule has 0 heterocycles. The van der Waals surface area contributed by atoms with Crippen molar-refractivity contribution in [3.8, 4) is 0 Å². The Morgan fingerprint density at radius 2 is 1.26 bits per heavy atom. The molecule has 5 atom stereocenters. The van der Waals surface area contributed by atoms with Crippen molar-refractivity contribution in [3.63, 3.8) is 0 Å². The van der Waals surface area contributed by atoms with Gasteiger partial charge in [0.1, 0.15) is 18.1 Å². The second kappa shape index (κ2) is 17.7. The lowest BCUT2D eigenvalue weighted by Gasteiger charge is -2.26. The second-order valence-corrected chi connectivity index (χ2v) is 9.71. The summed E-state index contributed by atoms with van der Waals surface area (Å²) in [5.41, 5.74) is 5.83. The largest absolute Gasteiger partial charge is 0.481 e. The van der Waals surface area contributed by atoms with E-state index in [-0.39, 0.29) is 18.8 Å². The van der Waals surface area contributed by atoms with Gasteiger partial charge in [0.05, 0.1) is 12.6 Å². The molecule has 0 unspecified atom stereocenters. The molecule has 0 bridgehead atoms. The molecule has 4 amide bonds. The lowest BCUT2D eigenvalue weighted by Crippen LogP contribution is -2.56. The summed E-state index contributed by atoms with van der Waals surface area (Å²) in [4.78, 5) is 83.5. The average molecular weight is 560 g/mol. The molecule has 15 nitrogen and oxygen atoms in total. The first-order valence-corrected chi connectivity index (χ1v) is 12.7. The van der Waals surface area contributed by atoms with Crippen molar-refractivity contribution in [3.05, 3.63) is 0 Å². The van der Waals surface area contributed by atoms with E-state index in [4.69, 9.17) is 15.9 Å². The standard InChI is InChI=1S/C24H41N5O10/c1-5-13(4)20(23(37)28-16(24(38)39)7-9-19(33)34)29-17(30)11-26-22(36)15(6-8-18(31)32)27-21(35)14(25)10-12(2)3/h12-16,20H,5-11,25H2,1-4H3,(H,26,36)(H,27,35)(H,28,37)(H,29,30)(H,31,32)(H,33,34)(H,38,39)/t13-,14-,15-,16-,20-/m0/s1. The van der Waals surface area contributed by atoms with Crippen LogP contribution in [0.2, 0.25) is 0 Å². The zero-order chi connectivity index (χ0) is 30.3. The summed E-state index contributed by atoms with van der Waals surface area (Å²) in [5, 5.41) is 36.4. The first-order chi connectivity index (χ1) is 18.1. The van der Waals surface area contributed by atoms with Crippen LogP contribution in [0.15, 0.2) is 0 Å². The molecule has 0 aromatic rings. The van der Waals surface area contributed by atoms with Crippen LogP contribution in [0.3, 0.4) is 0 Å². The molecule has 222 valence electrons. The molecule has 15 heteroatoms. The van der Waals surface area contributed by atoms with Gasteiger partial charge in [0.2, 0.25) is 23.6 Å². The highest BCUT2D eigenvalue weighted by molar-refractivity contribution is 5.94. The number of carboxylic acids is 3. The van der Waals surface area contributed by atoms with Crippen LogP contribution in [-0.4, -0.2) is 87.6 Å². The summed E-state index contributed by atoms with van der Waals surface area (Å²) < 4.78 is 0. The lowest BCUT2D eigenvalue weighted by atomic mass is 9.97. The minimum absolute atomic E-state index is 0.0966. The van der Waals surface area contributed by atoms with Crippen molar-refractivity contribution < 1.29 is 48.9 Å². The average Bonchev–Trinajstić information content (AvgIpc) is 2.84. The normalized spacial score (nSPS) is 14.7. The number of carbonyl (C=O) groups is 7. The van der Waals surface area contributed by atoms with Gasteiger partial charge in [-0.1, -0.05) is 34.1 Å². The van der Waals surface area contributed by atoms with Crippen LogP contribution in [-0.2, 0) is 33.6 Å². The highest BCUT2D eigenvalue weighted by Crippen LogP contribution is 2.10. The minimum Gasteiger partial charge on any atom is -0.481 e. The topological polar surface area (TPSA) is 254 Å². The van der Waals surface area contributed by atoms with Gasteiger partial charge in [0.25, 0.3) is 0 Å². The molecule has 0 aliphatic carbocycles. The Morgan fingerprint density at radius 1 is 0.744 bits per heavy atom. The quantitative estimate of drug-likeness (QED) is 0.0931. The van der Waals surface area contributed by atoms with E-state index in [2.05, 4.69) is 21.3 Å². The van der Waals surface area contributed by atoms with Crippen LogP contribution < -0.4 is 27.0 Å². The van der Waals surface area contributed by atoms with E-state index in [1.807, 2.05) is 13.8 Å². The maximum Gasteiger partial charge on any atom is 0.326 e. The Hall–Kier alpha value is -3.75. The van der Waals surface area contributed by atoms with E-state index in [9.17, 15) is 38.7 Å². The number of nitrogens with one attached hydrogen (secondary N) is 4. The molecule has 0 radical (unpaired) electrons. The highest BCUT2D eigenvalue weighted by atomic mass is 16.4. The van der Waals surface area contributed by atoms with Crippen LogP contribution in [0.4, 0.5) is 0 Å². The molecular formula is C24H41N5O10.